The van der Waals surface area contributed by atoms with Crippen molar-refractivity contribution in [3.63, 3.8) is 0 Å². The van der Waals surface area contributed by atoms with Gasteiger partial charge in [0.15, 0.2) is 0 Å². The third kappa shape index (κ3) is 4.06. The quantitative estimate of drug-likeness (QED) is 0.817. The zero-order chi connectivity index (χ0) is 15.3. The molecule has 0 amide bonds. The highest BCUT2D eigenvalue weighted by Crippen LogP contribution is 2.35. The fourth-order valence-corrected chi connectivity index (χ4v) is 3.11. The minimum absolute atomic E-state index is 0.0441. The molecule has 2 atom stereocenters. The van der Waals surface area contributed by atoms with Gasteiger partial charge in [-0.25, -0.2) is 0 Å². The highest BCUT2D eigenvalue weighted by atomic mass is 79.9. The molecule has 0 aliphatic carbocycles. The number of ether oxygens (including phenoxy) is 1. The third-order valence-electron chi connectivity index (χ3n) is 3.45. The molecule has 0 aromatic carbocycles. The van der Waals surface area contributed by atoms with Crippen LogP contribution in [0.1, 0.15) is 52.8 Å². The molecule has 0 saturated heterocycles. The van der Waals surface area contributed by atoms with Crippen molar-refractivity contribution in [3.05, 3.63) is 16.4 Å². The molecule has 0 aliphatic heterocycles. The van der Waals surface area contributed by atoms with Crippen LogP contribution in [0.5, 0.6) is 0 Å². The van der Waals surface area contributed by atoms with Crippen molar-refractivity contribution in [2.24, 2.45) is 5.41 Å². The third-order valence-corrected chi connectivity index (χ3v) is 4.06. The van der Waals surface area contributed by atoms with E-state index in [0.29, 0.717) is 0 Å². The van der Waals surface area contributed by atoms with Crippen LogP contribution in [-0.2, 0) is 11.3 Å². The standard InChI is InChI=1S/C15H28BrN3O/c1-7-9-17-12(14(20-6)15(3,4)5)13-11(16)10-18-19(13)8-2/h10,12,14,17H,7-9H2,1-6H3. The zero-order valence-corrected chi connectivity index (χ0v) is 15.1. The second-order valence-electron chi connectivity index (χ2n) is 6.15. The minimum atomic E-state index is 0.0441. The summed E-state index contributed by atoms with van der Waals surface area (Å²) >= 11 is 3.64. The van der Waals surface area contributed by atoms with Crippen molar-refractivity contribution in [1.29, 1.82) is 0 Å². The van der Waals surface area contributed by atoms with Gasteiger partial charge in [-0.1, -0.05) is 27.7 Å². The first-order chi connectivity index (χ1) is 9.36. The predicted octanol–water partition coefficient (Wildman–Crippen LogP) is 3.77. The van der Waals surface area contributed by atoms with Gasteiger partial charge in [-0.2, -0.15) is 5.10 Å². The van der Waals surface area contributed by atoms with Crippen molar-refractivity contribution in [2.75, 3.05) is 13.7 Å². The fraction of sp³-hybridized carbons (Fsp3) is 0.800. The second-order valence-corrected chi connectivity index (χ2v) is 7.00. The first kappa shape index (κ1) is 17.7. The maximum Gasteiger partial charge on any atom is 0.0829 e. The summed E-state index contributed by atoms with van der Waals surface area (Å²) in [5, 5.41) is 8.07. The van der Waals surface area contributed by atoms with Crippen LogP contribution in [0.4, 0.5) is 0 Å². The second kappa shape index (κ2) is 7.57. The van der Waals surface area contributed by atoms with E-state index in [9.17, 15) is 0 Å². The molecule has 0 saturated carbocycles. The van der Waals surface area contributed by atoms with Gasteiger partial charge in [-0.3, -0.25) is 4.68 Å². The normalized spacial score (nSPS) is 15.3. The summed E-state index contributed by atoms with van der Waals surface area (Å²) in [4.78, 5) is 0. The first-order valence-electron chi connectivity index (χ1n) is 7.34. The number of aryl methyl sites for hydroxylation is 1. The van der Waals surface area contributed by atoms with Gasteiger partial charge in [0.05, 0.1) is 28.5 Å². The van der Waals surface area contributed by atoms with E-state index in [1.54, 1.807) is 7.11 Å². The maximum absolute atomic E-state index is 5.83. The van der Waals surface area contributed by atoms with Crippen LogP contribution in [0.15, 0.2) is 10.7 Å². The smallest absolute Gasteiger partial charge is 0.0829 e. The topological polar surface area (TPSA) is 39.1 Å². The van der Waals surface area contributed by atoms with Crippen LogP contribution in [0.3, 0.4) is 0 Å². The van der Waals surface area contributed by atoms with E-state index in [-0.39, 0.29) is 17.6 Å². The summed E-state index contributed by atoms with van der Waals surface area (Å²) in [7, 11) is 1.79. The minimum Gasteiger partial charge on any atom is -0.379 e. The number of nitrogens with one attached hydrogen (secondary N) is 1. The average molecular weight is 346 g/mol. The summed E-state index contributed by atoms with van der Waals surface area (Å²) in [5.74, 6) is 0. The molecule has 0 radical (unpaired) electrons. The molecule has 20 heavy (non-hydrogen) atoms. The van der Waals surface area contributed by atoms with Crippen molar-refractivity contribution in [2.45, 2.75) is 59.7 Å². The van der Waals surface area contributed by atoms with Crippen molar-refractivity contribution in [1.82, 2.24) is 15.1 Å². The Balaban J connectivity index is 3.20. The lowest BCUT2D eigenvalue weighted by atomic mass is 9.83. The molecular formula is C15H28BrN3O. The number of methoxy groups -OCH3 is 1. The van der Waals surface area contributed by atoms with E-state index in [1.807, 2.05) is 10.9 Å². The number of hydrogen-bond donors (Lipinski definition) is 1. The largest absolute Gasteiger partial charge is 0.379 e. The highest BCUT2D eigenvalue weighted by molar-refractivity contribution is 9.10. The summed E-state index contributed by atoms with van der Waals surface area (Å²) in [6.45, 7) is 12.7. The predicted molar refractivity (Wildman–Crippen MR) is 86.9 cm³/mol. The van der Waals surface area contributed by atoms with Gasteiger partial charge in [0.25, 0.3) is 0 Å². The van der Waals surface area contributed by atoms with Crippen LogP contribution in [0, 0.1) is 5.41 Å². The van der Waals surface area contributed by atoms with Crippen LogP contribution < -0.4 is 5.32 Å². The molecule has 1 N–H and O–H groups in total. The number of hydrogen-bond acceptors (Lipinski definition) is 3. The molecular weight excluding hydrogens is 318 g/mol. The number of halogens is 1. The Morgan fingerprint density at radius 2 is 2.05 bits per heavy atom. The Morgan fingerprint density at radius 1 is 1.40 bits per heavy atom. The van der Waals surface area contributed by atoms with Gasteiger partial charge in [-0.05, 0) is 41.2 Å². The van der Waals surface area contributed by atoms with E-state index in [0.717, 1.165) is 24.0 Å². The van der Waals surface area contributed by atoms with Crippen LogP contribution in [-0.4, -0.2) is 29.5 Å². The lowest BCUT2D eigenvalue weighted by molar-refractivity contribution is -0.0141. The van der Waals surface area contributed by atoms with E-state index in [2.05, 4.69) is 61.0 Å². The zero-order valence-electron chi connectivity index (χ0n) is 13.5. The molecule has 0 spiro atoms. The summed E-state index contributed by atoms with van der Waals surface area (Å²) in [6, 6.07) is 0.122. The number of nitrogens with zero attached hydrogens (tertiary/aromatic N) is 2. The van der Waals surface area contributed by atoms with Crippen LogP contribution >= 0.6 is 15.9 Å². The van der Waals surface area contributed by atoms with Crippen molar-refractivity contribution in [3.8, 4) is 0 Å². The Kier molecular flexibility index (Phi) is 6.69. The lowest BCUT2D eigenvalue weighted by Gasteiger charge is -2.37. The van der Waals surface area contributed by atoms with E-state index < -0.39 is 0 Å². The summed E-state index contributed by atoms with van der Waals surface area (Å²) in [5.41, 5.74) is 1.21. The van der Waals surface area contributed by atoms with Gasteiger partial charge >= 0.3 is 0 Å². The molecule has 1 heterocycles. The van der Waals surface area contributed by atoms with Gasteiger partial charge in [0.1, 0.15) is 0 Å². The molecule has 116 valence electrons. The Bertz CT molecular complexity index is 412. The molecule has 2 unspecified atom stereocenters. The first-order valence-corrected chi connectivity index (χ1v) is 8.13. The Hall–Kier alpha value is -0.390. The van der Waals surface area contributed by atoms with Crippen molar-refractivity contribution < 1.29 is 4.74 Å². The number of aromatic nitrogens is 2. The molecule has 0 fully saturated rings. The molecule has 1 aromatic rings. The van der Waals surface area contributed by atoms with Crippen molar-refractivity contribution >= 4 is 15.9 Å². The van der Waals surface area contributed by atoms with Gasteiger partial charge < -0.3 is 10.1 Å². The van der Waals surface area contributed by atoms with E-state index in [4.69, 9.17) is 4.74 Å². The van der Waals surface area contributed by atoms with Gasteiger partial charge in [-0.15, -0.1) is 0 Å². The maximum atomic E-state index is 5.83. The van der Waals surface area contributed by atoms with E-state index in [1.165, 1.54) is 5.69 Å². The molecule has 1 aromatic heterocycles. The molecule has 4 nitrogen and oxygen atoms in total. The molecule has 0 aliphatic rings. The van der Waals surface area contributed by atoms with E-state index >= 15 is 0 Å². The summed E-state index contributed by atoms with van der Waals surface area (Å²) < 4.78 is 8.91. The number of rotatable bonds is 7. The van der Waals surface area contributed by atoms with Gasteiger partial charge in [0.2, 0.25) is 0 Å². The van der Waals surface area contributed by atoms with Gasteiger partial charge in [0, 0.05) is 13.7 Å². The monoisotopic (exact) mass is 345 g/mol. The van der Waals surface area contributed by atoms with Crippen LogP contribution in [0.25, 0.3) is 0 Å². The Labute approximate surface area is 131 Å². The molecule has 5 heteroatoms. The fourth-order valence-electron chi connectivity index (χ4n) is 2.57. The molecule has 1 rings (SSSR count). The van der Waals surface area contributed by atoms with Crippen LogP contribution in [0.2, 0.25) is 0 Å². The SMILES string of the molecule is CCCNC(c1c(Br)cnn1CC)C(OC)C(C)(C)C. The highest BCUT2D eigenvalue weighted by Gasteiger charge is 2.35. The summed E-state index contributed by atoms with van der Waals surface area (Å²) in [6.07, 6.45) is 3.04. The average Bonchev–Trinajstić information content (AvgIpc) is 2.74. The molecule has 0 bridgehead atoms. The Morgan fingerprint density at radius 3 is 2.50 bits per heavy atom. The lowest BCUT2D eigenvalue weighted by Crippen LogP contribution is -2.43.